The summed E-state index contributed by atoms with van der Waals surface area (Å²) in [6, 6.07) is 0. The van der Waals surface area contributed by atoms with Crippen molar-refractivity contribution in [2.75, 3.05) is 0 Å². The van der Waals surface area contributed by atoms with Gasteiger partial charge >= 0.3 is 11.9 Å². The number of hydrogen-bond acceptors (Lipinski definition) is 4. The Bertz CT molecular complexity index is 616. The predicted molar refractivity (Wildman–Crippen MR) is 146 cm³/mol. The number of hydrogen-bond donors (Lipinski definition) is 0. The monoisotopic (exact) mass is 494 g/mol. The Morgan fingerprint density at radius 3 is 1.54 bits per heavy atom. The molecule has 1 aliphatic rings. The number of carbonyl (C=O) groups excluding carboxylic acids is 2. The summed E-state index contributed by atoms with van der Waals surface area (Å²) in [6.07, 6.45) is 12.0. The van der Waals surface area contributed by atoms with E-state index in [1.807, 2.05) is 0 Å². The van der Waals surface area contributed by atoms with Gasteiger partial charge in [0.2, 0.25) is 0 Å². The topological polar surface area (TPSA) is 52.6 Å². The molecule has 0 aromatic rings. The van der Waals surface area contributed by atoms with Gasteiger partial charge in [0, 0.05) is 12.8 Å². The van der Waals surface area contributed by atoms with Crippen LogP contribution in [-0.4, -0.2) is 24.1 Å². The summed E-state index contributed by atoms with van der Waals surface area (Å²) in [6.45, 7) is 22.3. The van der Waals surface area contributed by atoms with Crippen molar-refractivity contribution < 1.29 is 19.1 Å². The standard InChI is InChI=1S/C31H58O4/c1-28(2,3)19-24(20-29(4,5)6)34-26(32)17-15-13-11-12-14-16-18-27(33)35-25-21-30(7,8)23-31(9,10)22-25/h24-25H,11-23H2,1-10H3. The Kier molecular flexibility index (Phi) is 12.3. The molecule has 0 atom stereocenters. The van der Waals surface area contributed by atoms with Crippen molar-refractivity contribution in [1.82, 2.24) is 0 Å². The third-order valence-electron chi connectivity index (χ3n) is 6.81. The van der Waals surface area contributed by atoms with Gasteiger partial charge in [0.25, 0.3) is 0 Å². The second-order valence-corrected chi connectivity index (χ2v) is 15.3. The normalized spacial score (nSPS) is 18.5. The van der Waals surface area contributed by atoms with Crippen LogP contribution in [-0.2, 0) is 19.1 Å². The van der Waals surface area contributed by atoms with Crippen molar-refractivity contribution in [3.63, 3.8) is 0 Å². The first-order chi connectivity index (χ1) is 15.9. The molecule has 0 aliphatic heterocycles. The van der Waals surface area contributed by atoms with Crippen LogP contribution in [0.25, 0.3) is 0 Å². The lowest BCUT2D eigenvalue weighted by Crippen LogP contribution is -2.38. The van der Waals surface area contributed by atoms with Crippen molar-refractivity contribution in [1.29, 1.82) is 0 Å². The van der Waals surface area contributed by atoms with Gasteiger partial charge in [-0.15, -0.1) is 0 Å². The van der Waals surface area contributed by atoms with Crippen LogP contribution in [0.3, 0.4) is 0 Å². The van der Waals surface area contributed by atoms with Crippen molar-refractivity contribution in [2.24, 2.45) is 21.7 Å². The maximum atomic E-state index is 12.4. The van der Waals surface area contributed by atoms with Crippen LogP contribution >= 0.6 is 0 Å². The Labute approximate surface area is 217 Å². The lowest BCUT2D eigenvalue weighted by atomic mass is 9.64. The number of unbranched alkanes of at least 4 members (excludes halogenated alkanes) is 5. The highest BCUT2D eigenvalue weighted by Crippen LogP contribution is 2.46. The van der Waals surface area contributed by atoms with Gasteiger partial charge in [0.1, 0.15) is 12.2 Å². The van der Waals surface area contributed by atoms with E-state index in [2.05, 4.69) is 69.2 Å². The molecule has 1 aliphatic carbocycles. The summed E-state index contributed by atoms with van der Waals surface area (Å²) in [5.41, 5.74) is 0.761. The van der Waals surface area contributed by atoms with Crippen LogP contribution in [0.1, 0.15) is 153 Å². The van der Waals surface area contributed by atoms with E-state index in [0.29, 0.717) is 12.8 Å². The fraction of sp³-hybridized carbons (Fsp3) is 0.935. The van der Waals surface area contributed by atoms with Crippen molar-refractivity contribution >= 4 is 11.9 Å². The van der Waals surface area contributed by atoms with Crippen LogP contribution in [0.2, 0.25) is 0 Å². The molecule has 0 aromatic carbocycles. The molecule has 1 saturated carbocycles. The van der Waals surface area contributed by atoms with E-state index in [-0.39, 0.29) is 45.8 Å². The highest BCUT2D eigenvalue weighted by Gasteiger charge is 2.40. The third-order valence-corrected chi connectivity index (χ3v) is 6.81. The van der Waals surface area contributed by atoms with Crippen molar-refractivity contribution in [3.05, 3.63) is 0 Å². The highest BCUT2D eigenvalue weighted by molar-refractivity contribution is 5.69. The average molecular weight is 495 g/mol. The molecule has 0 amide bonds. The molecule has 1 fully saturated rings. The van der Waals surface area contributed by atoms with E-state index >= 15 is 0 Å². The van der Waals surface area contributed by atoms with Crippen LogP contribution in [0, 0.1) is 21.7 Å². The predicted octanol–water partition coefficient (Wildman–Crippen LogP) is 9.04. The first kappa shape index (κ1) is 32.0. The zero-order chi connectivity index (χ0) is 26.9. The largest absolute Gasteiger partial charge is 0.462 e. The number of rotatable bonds is 13. The summed E-state index contributed by atoms with van der Waals surface area (Å²) in [5.74, 6) is -0.0911. The van der Waals surface area contributed by atoms with Gasteiger partial charge < -0.3 is 9.47 Å². The van der Waals surface area contributed by atoms with Crippen LogP contribution in [0.5, 0.6) is 0 Å². The molecule has 0 heterocycles. The molecular formula is C31H58O4. The van der Waals surface area contributed by atoms with E-state index in [1.165, 1.54) is 6.42 Å². The summed E-state index contributed by atoms with van der Waals surface area (Å²) >= 11 is 0. The number of ether oxygens (including phenoxy) is 2. The van der Waals surface area contributed by atoms with Crippen LogP contribution in [0.4, 0.5) is 0 Å². The number of carbonyl (C=O) groups is 2. The smallest absolute Gasteiger partial charge is 0.306 e. The quantitative estimate of drug-likeness (QED) is 0.189. The zero-order valence-corrected chi connectivity index (χ0v) is 25.0. The van der Waals surface area contributed by atoms with Crippen LogP contribution < -0.4 is 0 Å². The fourth-order valence-corrected chi connectivity index (χ4v) is 6.08. The van der Waals surface area contributed by atoms with E-state index in [0.717, 1.165) is 64.2 Å². The highest BCUT2D eigenvalue weighted by atomic mass is 16.5. The Morgan fingerprint density at radius 2 is 1.11 bits per heavy atom. The minimum atomic E-state index is -0.0553. The van der Waals surface area contributed by atoms with E-state index < -0.39 is 0 Å². The summed E-state index contributed by atoms with van der Waals surface area (Å²) in [4.78, 5) is 24.7. The summed E-state index contributed by atoms with van der Waals surface area (Å²) < 4.78 is 11.7. The van der Waals surface area contributed by atoms with E-state index in [1.54, 1.807) is 0 Å². The first-order valence-corrected chi connectivity index (χ1v) is 14.2. The van der Waals surface area contributed by atoms with E-state index in [9.17, 15) is 9.59 Å². The maximum absolute atomic E-state index is 12.4. The van der Waals surface area contributed by atoms with Gasteiger partial charge in [0.15, 0.2) is 0 Å². The van der Waals surface area contributed by atoms with Crippen LogP contribution in [0.15, 0.2) is 0 Å². The van der Waals surface area contributed by atoms with E-state index in [4.69, 9.17) is 9.47 Å². The van der Waals surface area contributed by atoms with Crippen molar-refractivity contribution in [2.45, 2.75) is 165 Å². The molecule has 0 bridgehead atoms. The molecule has 206 valence electrons. The molecule has 0 spiro atoms. The third kappa shape index (κ3) is 16.3. The molecule has 1 rings (SSSR count). The fourth-order valence-electron chi connectivity index (χ4n) is 6.08. The average Bonchev–Trinajstić information content (AvgIpc) is 2.58. The Hall–Kier alpha value is -1.06. The van der Waals surface area contributed by atoms with Gasteiger partial charge in [-0.1, -0.05) is 94.9 Å². The molecular weight excluding hydrogens is 436 g/mol. The molecule has 0 aromatic heterocycles. The molecule has 0 unspecified atom stereocenters. The second kappa shape index (κ2) is 13.5. The lowest BCUT2D eigenvalue weighted by Gasteiger charge is -2.44. The molecule has 4 heteroatoms. The molecule has 4 nitrogen and oxygen atoms in total. The zero-order valence-electron chi connectivity index (χ0n) is 25.0. The van der Waals surface area contributed by atoms with Crippen molar-refractivity contribution in [3.8, 4) is 0 Å². The van der Waals surface area contributed by atoms with Gasteiger partial charge in [0.05, 0.1) is 0 Å². The van der Waals surface area contributed by atoms with Gasteiger partial charge in [-0.2, -0.15) is 0 Å². The summed E-state index contributed by atoms with van der Waals surface area (Å²) in [5, 5.41) is 0. The molecule has 0 N–H and O–H groups in total. The Morgan fingerprint density at radius 1 is 0.714 bits per heavy atom. The minimum absolute atomic E-state index is 0.00647. The minimum Gasteiger partial charge on any atom is -0.462 e. The number of esters is 2. The van der Waals surface area contributed by atoms with Gasteiger partial charge in [-0.25, -0.2) is 0 Å². The lowest BCUT2D eigenvalue weighted by molar-refractivity contribution is -0.155. The second-order valence-electron chi connectivity index (χ2n) is 15.3. The van der Waals surface area contributed by atoms with Gasteiger partial charge in [-0.05, 0) is 66.6 Å². The SMILES string of the molecule is CC(C)(C)CC(CC(C)(C)C)OC(=O)CCCCCCCCC(=O)OC1CC(C)(C)CC(C)(C)C1. The Balaban J connectivity index is 2.17. The molecule has 0 saturated heterocycles. The van der Waals surface area contributed by atoms with Gasteiger partial charge in [-0.3, -0.25) is 9.59 Å². The first-order valence-electron chi connectivity index (χ1n) is 14.2. The maximum Gasteiger partial charge on any atom is 0.306 e. The summed E-state index contributed by atoms with van der Waals surface area (Å²) in [7, 11) is 0. The molecule has 35 heavy (non-hydrogen) atoms. The molecule has 0 radical (unpaired) electrons.